The van der Waals surface area contributed by atoms with E-state index >= 15 is 0 Å². The lowest BCUT2D eigenvalue weighted by Gasteiger charge is -2.09. The van der Waals surface area contributed by atoms with Crippen LogP contribution in [0.4, 0.5) is 0 Å². The molecule has 0 aromatic heterocycles. The maximum atomic E-state index is 11.4. The van der Waals surface area contributed by atoms with E-state index in [1.807, 2.05) is 6.92 Å². The second-order valence-corrected chi connectivity index (χ2v) is 4.71. The van der Waals surface area contributed by atoms with Crippen molar-refractivity contribution in [1.82, 2.24) is 0 Å². The Labute approximate surface area is 82.3 Å². The van der Waals surface area contributed by atoms with Crippen LogP contribution in [0.5, 0.6) is 0 Å². The number of esters is 1. The molecule has 0 heterocycles. The van der Waals surface area contributed by atoms with Gasteiger partial charge in [-0.1, -0.05) is 13.3 Å². The summed E-state index contributed by atoms with van der Waals surface area (Å²) in [6.07, 6.45) is 1.90. The maximum absolute atomic E-state index is 11.4. The van der Waals surface area contributed by atoms with E-state index in [1.165, 1.54) is 0 Å². The largest absolute Gasteiger partial charge is 0.465 e. The topological polar surface area (TPSA) is 43.4 Å². The Morgan fingerprint density at radius 2 is 2.08 bits per heavy atom. The summed E-state index contributed by atoms with van der Waals surface area (Å²) in [5.74, 6) is 0.244. The van der Waals surface area contributed by atoms with Crippen LogP contribution in [0.25, 0.3) is 0 Å². The second kappa shape index (κ2) is 7.06. The zero-order chi connectivity index (χ0) is 10.3. The normalized spacial score (nSPS) is 15.0. The maximum Gasteiger partial charge on any atom is 0.321 e. The molecule has 0 saturated carbocycles. The lowest BCUT2D eigenvalue weighted by Crippen LogP contribution is -2.26. The van der Waals surface area contributed by atoms with Crippen molar-refractivity contribution >= 4 is 16.8 Å². The Bertz CT molecular complexity index is 180. The van der Waals surface area contributed by atoms with Gasteiger partial charge >= 0.3 is 5.97 Å². The molecule has 0 aliphatic heterocycles. The average Bonchev–Trinajstić information content (AvgIpc) is 2.13. The molecule has 2 atom stereocenters. The molecule has 0 aromatic carbocycles. The highest BCUT2D eigenvalue weighted by Gasteiger charge is 2.20. The van der Waals surface area contributed by atoms with E-state index in [2.05, 4.69) is 0 Å². The van der Waals surface area contributed by atoms with Crippen LogP contribution in [0.2, 0.25) is 0 Å². The van der Waals surface area contributed by atoms with Crippen LogP contribution >= 0.6 is 0 Å². The van der Waals surface area contributed by atoms with E-state index in [4.69, 9.17) is 4.74 Å². The summed E-state index contributed by atoms with van der Waals surface area (Å²) in [5, 5.41) is -0.480. The highest BCUT2D eigenvalue weighted by Crippen LogP contribution is 2.02. The summed E-state index contributed by atoms with van der Waals surface area (Å²) in [4.78, 5) is 11.1. The van der Waals surface area contributed by atoms with Gasteiger partial charge in [0.2, 0.25) is 0 Å². The third-order valence-electron chi connectivity index (χ3n) is 1.71. The lowest BCUT2D eigenvalue weighted by atomic mass is 10.4. The molecule has 13 heavy (non-hydrogen) atoms. The summed E-state index contributed by atoms with van der Waals surface area (Å²) >= 11 is 0. The third kappa shape index (κ3) is 5.03. The Morgan fingerprint density at radius 1 is 1.46 bits per heavy atom. The molecule has 0 aromatic rings. The molecule has 0 aliphatic rings. The fourth-order valence-electron chi connectivity index (χ4n) is 0.830. The van der Waals surface area contributed by atoms with Gasteiger partial charge in [-0.2, -0.15) is 0 Å². The molecule has 2 unspecified atom stereocenters. The van der Waals surface area contributed by atoms with Crippen molar-refractivity contribution in [2.45, 2.75) is 38.9 Å². The van der Waals surface area contributed by atoms with Gasteiger partial charge in [0.15, 0.2) is 0 Å². The third-order valence-corrected chi connectivity index (χ3v) is 3.38. The van der Waals surface area contributed by atoms with E-state index in [0.717, 1.165) is 12.8 Å². The molecular formula is C9H18O3S. The SMILES string of the molecule is CCCCS(=O)C(C)C(=O)OCC. The van der Waals surface area contributed by atoms with Crippen molar-refractivity contribution in [3.05, 3.63) is 0 Å². The molecule has 78 valence electrons. The molecule has 0 rings (SSSR count). The zero-order valence-electron chi connectivity index (χ0n) is 8.54. The molecular weight excluding hydrogens is 188 g/mol. The number of ether oxygens (including phenoxy) is 1. The van der Waals surface area contributed by atoms with Crippen molar-refractivity contribution in [2.24, 2.45) is 0 Å². The first-order valence-electron chi connectivity index (χ1n) is 4.67. The smallest absolute Gasteiger partial charge is 0.321 e. The van der Waals surface area contributed by atoms with Crippen LogP contribution in [0.15, 0.2) is 0 Å². The zero-order valence-corrected chi connectivity index (χ0v) is 9.36. The van der Waals surface area contributed by atoms with E-state index in [1.54, 1.807) is 13.8 Å². The van der Waals surface area contributed by atoms with E-state index in [9.17, 15) is 9.00 Å². The van der Waals surface area contributed by atoms with Crippen LogP contribution in [-0.2, 0) is 20.3 Å². The van der Waals surface area contributed by atoms with Crippen molar-refractivity contribution in [3.8, 4) is 0 Å². The Hall–Kier alpha value is -0.380. The minimum Gasteiger partial charge on any atom is -0.465 e. The first kappa shape index (κ1) is 12.6. The molecule has 0 saturated heterocycles. The van der Waals surface area contributed by atoms with Crippen molar-refractivity contribution in [1.29, 1.82) is 0 Å². The van der Waals surface area contributed by atoms with Gasteiger partial charge in [0.25, 0.3) is 0 Å². The highest BCUT2D eigenvalue weighted by atomic mass is 32.2. The van der Waals surface area contributed by atoms with Gasteiger partial charge in [0.05, 0.1) is 6.61 Å². The summed E-state index contributed by atoms with van der Waals surface area (Å²) in [5.41, 5.74) is 0. The molecule has 0 bridgehead atoms. The molecule has 3 nitrogen and oxygen atoms in total. The average molecular weight is 206 g/mol. The molecule has 0 amide bonds. The van der Waals surface area contributed by atoms with Gasteiger partial charge in [0.1, 0.15) is 5.25 Å². The fraction of sp³-hybridized carbons (Fsp3) is 0.889. The second-order valence-electron chi connectivity index (χ2n) is 2.83. The Morgan fingerprint density at radius 3 is 2.54 bits per heavy atom. The van der Waals surface area contributed by atoms with Crippen LogP contribution < -0.4 is 0 Å². The number of carbonyl (C=O) groups is 1. The Balaban J connectivity index is 3.87. The number of carbonyl (C=O) groups excluding carboxylic acids is 1. The standard InChI is InChI=1S/C9H18O3S/c1-4-6-7-13(11)8(3)9(10)12-5-2/h8H,4-7H2,1-3H3. The predicted octanol–water partition coefficient (Wildman–Crippen LogP) is 1.49. The summed E-state index contributed by atoms with van der Waals surface area (Å²) in [6.45, 7) is 5.80. The molecule has 0 N–H and O–H groups in total. The van der Waals surface area contributed by atoms with Gasteiger partial charge in [-0.15, -0.1) is 0 Å². The van der Waals surface area contributed by atoms with E-state index < -0.39 is 16.0 Å². The summed E-state index contributed by atoms with van der Waals surface area (Å²) in [6, 6.07) is 0. The molecule has 0 aliphatic carbocycles. The van der Waals surface area contributed by atoms with Gasteiger partial charge in [-0.25, -0.2) is 0 Å². The number of hydrogen-bond donors (Lipinski definition) is 0. The van der Waals surface area contributed by atoms with E-state index in [0.29, 0.717) is 12.4 Å². The number of unbranched alkanes of at least 4 members (excludes halogenated alkanes) is 1. The van der Waals surface area contributed by atoms with Crippen molar-refractivity contribution in [2.75, 3.05) is 12.4 Å². The van der Waals surface area contributed by atoms with Crippen LogP contribution in [0, 0.1) is 0 Å². The quantitative estimate of drug-likeness (QED) is 0.618. The summed E-state index contributed by atoms with van der Waals surface area (Å²) in [7, 11) is -1.07. The minimum atomic E-state index is -1.07. The minimum absolute atomic E-state index is 0.350. The predicted molar refractivity (Wildman–Crippen MR) is 54.0 cm³/mol. The molecule has 0 spiro atoms. The molecule has 0 fully saturated rings. The van der Waals surface area contributed by atoms with E-state index in [-0.39, 0.29) is 5.97 Å². The van der Waals surface area contributed by atoms with Crippen molar-refractivity contribution < 1.29 is 13.7 Å². The number of hydrogen-bond acceptors (Lipinski definition) is 3. The number of rotatable bonds is 6. The van der Waals surface area contributed by atoms with Gasteiger partial charge in [-0.3, -0.25) is 9.00 Å². The highest BCUT2D eigenvalue weighted by molar-refractivity contribution is 7.86. The Kier molecular flexibility index (Phi) is 6.86. The molecule has 4 heteroatoms. The van der Waals surface area contributed by atoms with Crippen LogP contribution in [0.3, 0.4) is 0 Å². The van der Waals surface area contributed by atoms with Crippen molar-refractivity contribution in [3.63, 3.8) is 0 Å². The van der Waals surface area contributed by atoms with Crippen LogP contribution in [-0.4, -0.2) is 27.8 Å². The molecule has 0 radical (unpaired) electrons. The fourth-order valence-corrected chi connectivity index (χ4v) is 2.04. The van der Waals surface area contributed by atoms with Gasteiger partial charge < -0.3 is 4.74 Å². The first-order chi connectivity index (χ1) is 6.13. The monoisotopic (exact) mass is 206 g/mol. The summed E-state index contributed by atoms with van der Waals surface area (Å²) < 4.78 is 16.2. The van der Waals surface area contributed by atoms with Gasteiger partial charge in [0, 0.05) is 16.6 Å². The van der Waals surface area contributed by atoms with Crippen LogP contribution in [0.1, 0.15) is 33.6 Å². The van der Waals surface area contributed by atoms with Gasteiger partial charge in [-0.05, 0) is 20.3 Å². The lowest BCUT2D eigenvalue weighted by molar-refractivity contribution is -0.142. The first-order valence-corrected chi connectivity index (χ1v) is 6.05.